The van der Waals surface area contributed by atoms with E-state index in [1.165, 1.54) is 0 Å². The summed E-state index contributed by atoms with van der Waals surface area (Å²) in [6.45, 7) is 0. The molecule has 0 radical (unpaired) electrons. The number of nitrogens with zero attached hydrogens (tertiary/aromatic N) is 1. The third-order valence-corrected chi connectivity index (χ3v) is 4.42. The van der Waals surface area contributed by atoms with Crippen molar-refractivity contribution in [2.75, 3.05) is 19.5 Å². The van der Waals surface area contributed by atoms with E-state index in [0.29, 0.717) is 5.89 Å². The van der Waals surface area contributed by atoms with Gasteiger partial charge in [-0.3, -0.25) is 0 Å². The molecule has 4 rings (SSSR count). The molecule has 0 bridgehead atoms. The van der Waals surface area contributed by atoms with Gasteiger partial charge in [0.2, 0.25) is 5.89 Å². The van der Waals surface area contributed by atoms with Gasteiger partial charge in [0.1, 0.15) is 11.3 Å². The fourth-order valence-electron chi connectivity index (χ4n) is 2.85. The molecule has 0 fully saturated rings. The number of rotatable bonds is 5. The first-order valence-corrected chi connectivity index (χ1v) is 8.76. The fraction of sp³-hybridized carbons (Fsp3) is 0.0870. The number of fused-ring (bicyclic) bond motifs is 1. The number of benzene rings is 3. The summed E-state index contributed by atoms with van der Waals surface area (Å²) < 4.78 is 11.1. The molecule has 0 aliphatic rings. The Balaban J connectivity index is 1.53. The van der Waals surface area contributed by atoms with Crippen LogP contribution in [0.25, 0.3) is 34.7 Å². The largest absolute Gasteiger partial charge is 0.497 e. The van der Waals surface area contributed by atoms with Crippen LogP contribution in [0.4, 0.5) is 5.69 Å². The van der Waals surface area contributed by atoms with Crippen LogP contribution in [0.2, 0.25) is 0 Å². The minimum Gasteiger partial charge on any atom is -0.497 e. The van der Waals surface area contributed by atoms with Crippen molar-refractivity contribution in [1.82, 2.24) is 4.98 Å². The van der Waals surface area contributed by atoms with E-state index in [4.69, 9.17) is 9.15 Å². The number of hydrogen-bond donors (Lipinski definition) is 1. The smallest absolute Gasteiger partial charge is 0.227 e. The maximum Gasteiger partial charge on any atom is 0.227 e. The zero-order valence-electron chi connectivity index (χ0n) is 15.3. The lowest BCUT2D eigenvalue weighted by molar-refractivity contribution is 0.415. The lowest BCUT2D eigenvalue weighted by Gasteiger charge is -2.00. The summed E-state index contributed by atoms with van der Waals surface area (Å²) in [6.07, 6.45) is 4.19. The lowest BCUT2D eigenvalue weighted by atomic mass is 10.1. The Labute approximate surface area is 158 Å². The Hall–Kier alpha value is -3.53. The SMILES string of the molecule is CNc1ccc(/C=C/c2ccc(-c3nc4cc(OC)ccc4o3)cc2)cc1. The van der Waals surface area contributed by atoms with Gasteiger partial charge in [0, 0.05) is 24.4 Å². The average Bonchev–Trinajstić information content (AvgIpc) is 3.16. The summed E-state index contributed by atoms with van der Waals surface area (Å²) in [5.41, 5.74) is 5.87. The molecule has 3 aromatic carbocycles. The van der Waals surface area contributed by atoms with Crippen molar-refractivity contribution < 1.29 is 9.15 Å². The van der Waals surface area contributed by atoms with Gasteiger partial charge in [0.05, 0.1) is 7.11 Å². The first-order chi connectivity index (χ1) is 13.2. The summed E-state index contributed by atoms with van der Waals surface area (Å²) in [5, 5.41) is 3.12. The van der Waals surface area contributed by atoms with E-state index in [-0.39, 0.29) is 0 Å². The summed E-state index contributed by atoms with van der Waals surface area (Å²) >= 11 is 0. The van der Waals surface area contributed by atoms with E-state index in [0.717, 1.165) is 39.2 Å². The Morgan fingerprint density at radius 3 is 2.19 bits per heavy atom. The molecule has 1 N–H and O–H groups in total. The van der Waals surface area contributed by atoms with Crippen LogP contribution in [0.1, 0.15) is 11.1 Å². The predicted octanol–water partition coefficient (Wildman–Crippen LogP) is 5.72. The van der Waals surface area contributed by atoms with E-state index in [2.05, 4.69) is 58.9 Å². The summed E-state index contributed by atoms with van der Waals surface area (Å²) in [6, 6.07) is 22.1. The van der Waals surface area contributed by atoms with Crippen LogP contribution in [-0.2, 0) is 0 Å². The number of hydrogen-bond acceptors (Lipinski definition) is 4. The maximum absolute atomic E-state index is 5.85. The molecule has 4 nitrogen and oxygen atoms in total. The summed E-state index contributed by atoms with van der Waals surface area (Å²) in [4.78, 5) is 4.56. The molecule has 0 saturated heterocycles. The maximum atomic E-state index is 5.85. The average molecular weight is 356 g/mol. The van der Waals surface area contributed by atoms with Crippen molar-refractivity contribution in [1.29, 1.82) is 0 Å². The van der Waals surface area contributed by atoms with Gasteiger partial charge in [0.25, 0.3) is 0 Å². The van der Waals surface area contributed by atoms with Gasteiger partial charge in [0.15, 0.2) is 5.58 Å². The van der Waals surface area contributed by atoms with Crippen LogP contribution in [0.5, 0.6) is 5.75 Å². The summed E-state index contributed by atoms with van der Waals surface area (Å²) in [7, 11) is 3.56. The molecule has 27 heavy (non-hydrogen) atoms. The van der Waals surface area contributed by atoms with Gasteiger partial charge in [-0.05, 0) is 47.5 Å². The highest BCUT2D eigenvalue weighted by atomic mass is 16.5. The zero-order valence-corrected chi connectivity index (χ0v) is 15.3. The van der Waals surface area contributed by atoms with Crippen LogP contribution in [-0.4, -0.2) is 19.1 Å². The van der Waals surface area contributed by atoms with E-state index in [1.54, 1.807) is 7.11 Å². The van der Waals surface area contributed by atoms with Gasteiger partial charge in [-0.2, -0.15) is 0 Å². The Bertz CT molecular complexity index is 1080. The number of aromatic nitrogens is 1. The van der Waals surface area contributed by atoms with Gasteiger partial charge in [-0.1, -0.05) is 36.4 Å². The van der Waals surface area contributed by atoms with Crippen LogP contribution in [0.3, 0.4) is 0 Å². The molecule has 0 spiro atoms. The molecule has 0 atom stereocenters. The van der Waals surface area contributed by atoms with Crippen molar-refractivity contribution in [3.63, 3.8) is 0 Å². The predicted molar refractivity (Wildman–Crippen MR) is 111 cm³/mol. The van der Waals surface area contributed by atoms with E-state index < -0.39 is 0 Å². The molecule has 0 amide bonds. The molecule has 1 aromatic heterocycles. The normalized spacial score (nSPS) is 11.2. The van der Waals surface area contributed by atoms with Gasteiger partial charge < -0.3 is 14.5 Å². The highest BCUT2D eigenvalue weighted by Gasteiger charge is 2.08. The summed E-state index contributed by atoms with van der Waals surface area (Å²) in [5.74, 6) is 1.38. The second kappa shape index (κ2) is 7.38. The van der Waals surface area contributed by atoms with Crippen molar-refractivity contribution >= 4 is 28.9 Å². The minimum absolute atomic E-state index is 0.608. The first kappa shape index (κ1) is 16.9. The molecular formula is C23H20N2O2. The highest BCUT2D eigenvalue weighted by molar-refractivity contribution is 5.78. The molecule has 4 aromatic rings. The highest BCUT2D eigenvalue weighted by Crippen LogP contribution is 2.27. The van der Waals surface area contributed by atoms with Crippen LogP contribution < -0.4 is 10.1 Å². The van der Waals surface area contributed by atoms with Crippen LogP contribution >= 0.6 is 0 Å². The Morgan fingerprint density at radius 1 is 0.889 bits per heavy atom. The molecule has 0 aliphatic carbocycles. The molecule has 4 heteroatoms. The third-order valence-electron chi connectivity index (χ3n) is 4.42. The van der Waals surface area contributed by atoms with E-state index in [9.17, 15) is 0 Å². The van der Waals surface area contributed by atoms with Crippen molar-refractivity contribution in [2.45, 2.75) is 0 Å². The fourth-order valence-corrected chi connectivity index (χ4v) is 2.85. The van der Waals surface area contributed by atoms with Crippen molar-refractivity contribution in [3.05, 3.63) is 77.9 Å². The van der Waals surface area contributed by atoms with Gasteiger partial charge in [-0.25, -0.2) is 4.98 Å². The van der Waals surface area contributed by atoms with E-state index >= 15 is 0 Å². The second-order valence-electron chi connectivity index (χ2n) is 6.18. The quantitative estimate of drug-likeness (QED) is 0.465. The van der Waals surface area contributed by atoms with Gasteiger partial charge >= 0.3 is 0 Å². The number of anilines is 1. The molecular weight excluding hydrogens is 336 g/mol. The monoisotopic (exact) mass is 356 g/mol. The second-order valence-corrected chi connectivity index (χ2v) is 6.18. The van der Waals surface area contributed by atoms with Crippen LogP contribution in [0.15, 0.2) is 71.1 Å². The van der Waals surface area contributed by atoms with Crippen molar-refractivity contribution in [3.8, 4) is 17.2 Å². The number of methoxy groups -OCH3 is 1. The molecule has 1 heterocycles. The van der Waals surface area contributed by atoms with Crippen LogP contribution in [0, 0.1) is 0 Å². The molecule has 0 aliphatic heterocycles. The molecule has 0 saturated carbocycles. The third kappa shape index (κ3) is 3.70. The zero-order chi connectivity index (χ0) is 18.6. The number of nitrogens with one attached hydrogen (secondary N) is 1. The molecule has 0 unspecified atom stereocenters. The van der Waals surface area contributed by atoms with Gasteiger partial charge in [-0.15, -0.1) is 0 Å². The minimum atomic E-state index is 0.608. The lowest BCUT2D eigenvalue weighted by Crippen LogP contribution is -1.86. The first-order valence-electron chi connectivity index (χ1n) is 8.76. The number of oxazole rings is 1. The van der Waals surface area contributed by atoms with E-state index in [1.807, 2.05) is 37.4 Å². The Kier molecular flexibility index (Phi) is 4.62. The topological polar surface area (TPSA) is 47.3 Å². The standard InChI is InChI=1S/C23H20N2O2/c1-24-19-11-7-17(8-12-19)4-3-16-5-9-18(10-6-16)23-25-21-15-20(26-2)13-14-22(21)27-23/h3-15,24H,1-2H3/b4-3+. The molecule has 134 valence electrons. The Morgan fingerprint density at radius 2 is 1.56 bits per heavy atom. The van der Waals surface area contributed by atoms with Crippen molar-refractivity contribution in [2.24, 2.45) is 0 Å². The number of ether oxygens (including phenoxy) is 1.